The van der Waals surface area contributed by atoms with Crippen LogP contribution in [0.4, 0.5) is 15.0 Å². The lowest BCUT2D eigenvalue weighted by molar-refractivity contribution is 0.178. The Bertz CT molecular complexity index is 798. The summed E-state index contributed by atoms with van der Waals surface area (Å²) in [6.07, 6.45) is 3.02. The van der Waals surface area contributed by atoms with Crippen molar-refractivity contribution < 1.29 is 9.18 Å². The van der Waals surface area contributed by atoms with Crippen LogP contribution in [0.15, 0.2) is 36.7 Å². The minimum absolute atomic E-state index is 0.0294. The predicted octanol–water partition coefficient (Wildman–Crippen LogP) is 1.52. The molecule has 0 aliphatic carbocycles. The van der Waals surface area contributed by atoms with Crippen molar-refractivity contribution in [2.24, 2.45) is 0 Å². The topological polar surface area (TPSA) is 85.2 Å². The molecular weight excluding hydrogens is 323 g/mol. The molecule has 2 heterocycles. The van der Waals surface area contributed by atoms with E-state index in [4.69, 9.17) is 5.26 Å². The highest BCUT2D eigenvalue weighted by atomic mass is 19.1. The number of benzene rings is 1. The Kier molecular flexibility index (Phi) is 4.75. The van der Waals surface area contributed by atoms with Gasteiger partial charge in [-0.15, -0.1) is 0 Å². The van der Waals surface area contributed by atoms with Crippen LogP contribution in [0.3, 0.4) is 0 Å². The van der Waals surface area contributed by atoms with Crippen molar-refractivity contribution in [3.63, 3.8) is 0 Å². The lowest BCUT2D eigenvalue weighted by atomic mass is 10.1. The molecule has 0 saturated carbocycles. The van der Waals surface area contributed by atoms with Crippen molar-refractivity contribution in [1.29, 1.82) is 5.26 Å². The number of nitrogens with one attached hydrogen (secondary N) is 1. The highest BCUT2D eigenvalue weighted by molar-refractivity contribution is 5.74. The summed E-state index contributed by atoms with van der Waals surface area (Å²) in [6, 6.07) is 7.85. The van der Waals surface area contributed by atoms with Crippen LogP contribution in [0.1, 0.15) is 11.3 Å². The first kappa shape index (κ1) is 16.6. The fourth-order valence-electron chi connectivity index (χ4n) is 2.58. The number of nitrogens with zero attached hydrogens (tertiary/aromatic N) is 5. The molecule has 0 unspecified atom stereocenters. The Morgan fingerprint density at radius 2 is 2.04 bits per heavy atom. The van der Waals surface area contributed by atoms with Gasteiger partial charge in [-0.1, -0.05) is 12.1 Å². The van der Waals surface area contributed by atoms with Crippen LogP contribution >= 0.6 is 0 Å². The molecule has 25 heavy (non-hydrogen) atoms. The number of aromatic nitrogens is 2. The van der Waals surface area contributed by atoms with E-state index in [1.54, 1.807) is 30.3 Å². The van der Waals surface area contributed by atoms with E-state index in [0.717, 1.165) is 5.56 Å². The number of likely N-dealkylation sites (N-methyl/N-ethyl adjacent to an activating group) is 1. The molecule has 1 aliphatic heterocycles. The number of urea groups is 1. The third-order valence-electron chi connectivity index (χ3n) is 4.17. The Hall–Kier alpha value is -3.21. The molecular formula is C17H17FN6O. The van der Waals surface area contributed by atoms with Crippen LogP contribution in [0, 0.1) is 17.1 Å². The zero-order chi connectivity index (χ0) is 17.8. The zero-order valence-electron chi connectivity index (χ0n) is 13.7. The summed E-state index contributed by atoms with van der Waals surface area (Å²) < 4.78 is 12.9. The van der Waals surface area contributed by atoms with Gasteiger partial charge in [0.15, 0.2) is 11.5 Å². The van der Waals surface area contributed by atoms with Crippen LogP contribution in [-0.4, -0.2) is 47.1 Å². The molecule has 1 fully saturated rings. The quantitative estimate of drug-likeness (QED) is 0.912. The molecule has 3 rings (SSSR count). The summed E-state index contributed by atoms with van der Waals surface area (Å²) in [5.41, 5.74) is 1.11. The number of halogens is 1. The zero-order valence-corrected chi connectivity index (χ0v) is 13.7. The molecule has 1 saturated heterocycles. The molecule has 0 radical (unpaired) electrons. The Labute approximate surface area is 144 Å². The summed E-state index contributed by atoms with van der Waals surface area (Å²) in [4.78, 5) is 23.9. The maximum atomic E-state index is 12.9. The van der Waals surface area contributed by atoms with Gasteiger partial charge in [0.05, 0.1) is 6.04 Å². The number of hydrogen-bond donors (Lipinski definition) is 1. The monoisotopic (exact) mass is 340 g/mol. The maximum Gasteiger partial charge on any atom is 0.317 e. The van der Waals surface area contributed by atoms with Gasteiger partial charge in [0, 0.05) is 39.1 Å². The van der Waals surface area contributed by atoms with Crippen molar-refractivity contribution in [1.82, 2.24) is 20.2 Å². The molecule has 8 heteroatoms. The molecule has 0 spiro atoms. The predicted molar refractivity (Wildman–Crippen MR) is 89.1 cm³/mol. The summed E-state index contributed by atoms with van der Waals surface area (Å²) in [5, 5.41) is 11.9. The van der Waals surface area contributed by atoms with E-state index in [2.05, 4.69) is 15.3 Å². The van der Waals surface area contributed by atoms with Crippen molar-refractivity contribution >= 4 is 11.8 Å². The number of anilines is 1. The molecule has 0 atom stereocenters. The molecule has 2 aromatic rings. The lowest BCUT2D eigenvalue weighted by Crippen LogP contribution is -2.61. The van der Waals surface area contributed by atoms with Crippen LogP contribution in [0.2, 0.25) is 0 Å². The number of carbonyl (C=O) groups is 1. The highest BCUT2D eigenvalue weighted by Crippen LogP contribution is 2.23. The van der Waals surface area contributed by atoms with E-state index >= 15 is 0 Å². The Morgan fingerprint density at radius 3 is 2.72 bits per heavy atom. The third kappa shape index (κ3) is 3.66. The molecule has 0 bridgehead atoms. The first-order chi connectivity index (χ1) is 12.1. The second-order valence-electron chi connectivity index (χ2n) is 5.80. The number of rotatable bonds is 4. The van der Waals surface area contributed by atoms with E-state index in [1.807, 2.05) is 11.0 Å². The standard InChI is InChI=1S/C17H17FN6O/c1-23(17(25)22-9-12-2-4-13(18)5-3-12)14-10-24(11-14)16-15(8-19)20-6-7-21-16/h2-7,14H,9-11H2,1H3,(H,22,25). The van der Waals surface area contributed by atoms with E-state index in [0.29, 0.717) is 25.5 Å². The second kappa shape index (κ2) is 7.13. The van der Waals surface area contributed by atoms with Gasteiger partial charge in [-0.3, -0.25) is 0 Å². The van der Waals surface area contributed by atoms with Crippen molar-refractivity contribution in [2.45, 2.75) is 12.6 Å². The first-order valence-electron chi connectivity index (χ1n) is 7.79. The highest BCUT2D eigenvalue weighted by Gasteiger charge is 2.34. The second-order valence-corrected chi connectivity index (χ2v) is 5.80. The Balaban J connectivity index is 1.51. The van der Waals surface area contributed by atoms with E-state index in [1.165, 1.54) is 18.3 Å². The SMILES string of the molecule is CN(C(=O)NCc1ccc(F)cc1)C1CN(c2nccnc2C#N)C1. The van der Waals surface area contributed by atoms with E-state index in [9.17, 15) is 9.18 Å². The van der Waals surface area contributed by atoms with E-state index < -0.39 is 0 Å². The summed E-state index contributed by atoms with van der Waals surface area (Å²) in [7, 11) is 1.73. The smallest absolute Gasteiger partial charge is 0.317 e. The molecule has 1 aliphatic rings. The van der Waals surface area contributed by atoms with Crippen molar-refractivity contribution in [2.75, 3.05) is 25.0 Å². The number of nitriles is 1. The molecule has 1 N–H and O–H groups in total. The van der Waals surface area contributed by atoms with Gasteiger partial charge in [-0.05, 0) is 17.7 Å². The minimum Gasteiger partial charge on any atom is -0.350 e. The van der Waals surface area contributed by atoms with Gasteiger partial charge >= 0.3 is 6.03 Å². The van der Waals surface area contributed by atoms with Crippen LogP contribution in [-0.2, 0) is 6.54 Å². The summed E-state index contributed by atoms with van der Waals surface area (Å²) in [5.74, 6) is 0.240. The Morgan fingerprint density at radius 1 is 1.36 bits per heavy atom. The average Bonchev–Trinajstić information content (AvgIpc) is 2.60. The molecule has 128 valence electrons. The molecule has 1 aromatic heterocycles. The fourth-order valence-corrected chi connectivity index (χ4v) is 2.58. The van der Waals surface area contributed by atoms with Crippen LogP contribution in [0.5, 0.6) is 0 Å². The van der Waals surface area contributed by atoms with Gasteiger partial charge < -0.3 is 15.1 Å². The molecule has 7 nitrogen and oxygen atoms in total. The normalized spacial score (nSPS) is 13.7. The van der Waals surface area contributed by atoms with Gasteiger partial charge in [-0.2, -0.15) is 5.26 Å². The molecule has 1 aromatic carbocycles. The first-order valence-corrected chi connectivity index (χ1v) is 7.79. The van der Waals surface area contributed by atoms with Gasteiger partial charge in [-0.25, -0.2) is 19.2 Å². The maximum absolute atomic E-state index is 12.9. The van der Waals surface area contributed by atoms with Gasteiger partial charge in [0.25, 0.3) is 0 Å². The summed E-state index contributed by atoms with van der Waals surface area (Å²) >= 11 is 0. The third-order valence-corrected chi connectivity index (χ3v) is 4.17. The largest absolute Gasteiger partial charge is 0.350 e. The average molecular weight is 340 g/mol. The number of amides is 2. The van der Waals surface area contributed by atoms with Crippen molar-refractivity contribution in [3.8, 4) is 6.07 Å². The van der Waals surface area contributed by atoms with Crippen LogP contribution < -0.4 is 10.2 Å². The van der Waals surface area contributed by atoms with E-state index in [-0.39, 0.29) is 23.6 Å². The van der Waals surface area contributed by atoms with Gasteiger partial charge in [0.1, 0.15) is 11.9 Å². The summed E-state index contributed by atoms with van der Waals surface area (Å²) in [6.45, 7) is 1.52. The van der Waals surface area contributed by atoms with Crippen molar-refractivity contribution in [3.05, 3.63) is 53.7 Å². The van der Waals surface area contributed by atoms with Crippen LogP contribution in [0.25, 0.3) is 0 Å². The minimum atomic E-state index is -0.303. The fraction of sp³-hybridized carbons (Fsp3) is 0.294. The lowest BCUT2D eigenvalue weighted by Gasteiger charge is -2.44. The number of carbonyl (C=O) groups excluding carboxylic acids is 1. The van der Waals surface area contributed by atoms with Gasteiger partial charge in [0.2, 0.25) is 0 Å². The molecule has 2 amide bonds. The number of hydrogen-bond acceptors (Lipinski definition) is 5.